The van der Waals surface area contributed by atoms with E-state index < -0.39 is 11.2 Å². The largest absolute Gasteiger partial charge is 0.480 e. The van der Waals surface area contributed by atoms with Gasteiger partial charge in [-0.15, -0.1) is 11.3 Å². The van der Waals surface area contributed by atoms with Crippen LogP contribution in [0.15, 0.2) is 54.8 Å². The van der Waals surface area contributed by atoms with Crippen LogP contribution in [0.3, 0.4) is 0 Å². The molecule has 0 atom stereocenters. The maximum absolute atomic E-state index is 13.6. The van der Waals surface area contributed by atoms with Crippen molar-refractivity contribution in [2.24, 2.45) is 0 Å². The van der Waals surface area contributed by atoms with Gasteiger partial charge in [-0.1, -0.05) is 11.6 Å². The van der Waals surface area contributed by atoms with E-state index in [4.69, 9.17) is 25.2 Å². The summed E-state index contributed by atoms with van der Waals surface area (Å²) in [7, 11) is 0. The van der Waals surface area contributed by atoms with E-state index in [0.29, 0.717) is 14.9 Å². The van der Waals surface area contributed by atoms with Crippen molar-refractivity contribution >= 4 is 49.8 Å². The molecule has 0 aliphatic rings. The maximum atomic E-state index is 13.6. The molecule has 4 rings (SSSR count). The van der Waals surface area contributed by atoms with E-state index in [9.17, 15) is 9.18 Å². The molecule has 0 amide bonds. The Labute approximate surface area is 163 Å². The zero-order valence-corrected chi connectivity index (χ0v) is 16.0. The minimum absolute atomic E-state index is 0.0604. The Balaban J connectivity index is 1.86. The highest BCUT2D eigenvalue weighted by molar-refractivity contribution is 9.10. The van der Waals surface area contributed by atoms with E-state index in [1.807, 2.05) is 0 Å². The number of furan rings is 1. The van der Waals surface area contributed by atoms with Crippen molar-refractivity contribution in [1.82, 2.24) is 4.98 Å². The van der Waals surface area contributed by atoms with Crippen LogP contribution >= 0.6 is 38.9 Å². The molecular weight excluding hydrogens is 449 g/mol. The third-order valence-electron chi connectivity index (χ3n) is 3.49. The van der Waals surface area contributed by atoms with Gasteiger partial charge >= 0.3 is 0 Å². The number of benzene rings is 1. The summed E-state index contributed by atoms with van der Waals surface area (Å²) in [5.74, 6) is -0.194. The van der Waals surface area contributed by atoms with Crippen LogP contribution in [0, 0.1) is 5.82 Å². The fourth-order valence-electron chi connectivity index (χ4n) is 2.37. The monoisotopic (exact) mass is 455 g/mol. The van der Waals surface area contributed by atoms with Gasteiger partial charge in [0.25, 0.3) is 0 Å². The van der Waals surface area contributed by atoms with Crippen LogP contribution in [0.5, 0.6) is 5.75 Å². The quantitative estimate of drug-likeness (QED) is 0.397. The molecule has 5 nitrogen and oxygen atoms in total. The lowest BCUT2D eigenvalue weighted by Crippen LogP contribution is -2.10. The summed E-state index contributed by atoms with van der Waals surface area (Å²) in [4.78, 5) is 17.5. The molecule has 3 heterocycles. The number of rotatable bonds is 4. The van der Waals surface area contributed by atoms with Gasteiger partial charge < -0.3 is 13.6 Å². The van der Waals surface area contributed by atoms with Crippen LogP contribution in [0.25, 0.3) is 22.5 Å². The topological polar surface area (TPSA) is 65.5 Å². The molecule has 0 unspecified atom stereocenters. The zero-order chi connectivity index (χ0) is 18.3. The second kappa shape index (κ2) is 6.86. The van der Waals surface area contributed by atoms with Crippen molar-refractivity contribution in [3.8, 4) is 17.3 Å². The molecule has 0 N–H and O–H groups in total. The van der Waals surface area contributed by atoms with Crippen LogP contribution < -0.4 is 10.2 Å². The number of halogens is 3. The average Bonchev–Trinajstić information content (AvgIpc) is 3.22. The molecule has 0 spiro atoms. The van der Waals surface area contributed by atoms with E-state index in [2.05, 4.69) is 20.9 Å². The fourth-order valence-corrected chi connectivity index (χ4v) is 3.57. The Bertz CT molecular complexity index is 1170. The van der Waals surface area contributed by atoms with Crippen LogP contribution in [0.4, 0.5) is 4.39 Å². The molecule has 0 saturated heterocycles. The number of ether oxygens (including phenoxy) is 1. The fraction of sp³-hybridized carbons (Fsp3) is 0.0588. The maximum Gasteiger partial charge on any atom is 0.235 e. The molecule has 3 aromatic heterocycles. The number of nitrogens with zero attached hydrogens (tertiary/aromatic N) is 1. The first-order chi connectivity index (χ1) is 12.5. The predicted octanol–water partition coefficient (Wildman–Crippen LogP) is 5.64. The van der Waals surface area contributed by atoms with E-state index >= 15 is 0 Å². The van der Waals surface area contributed by atoms with Crippen LogP contribution in [-0.4, -0.2) is 4.98 Å². The highest BCUT2D eigenvalue weighted by Gasteiger charge is 2.21. The Kier molecular flexibility index (Phi) is 4.56. The van der Waals surface area contributed by atoms with Gasteiger partial charge in [-0.25, -0.2) is 9.37 Å². The Morgan fingerprint density at radius 1 is 1.27 bits per heavy atom. The van der Waals surface area contributed by atoms with E-state index in [1.165, 1.54) is 23.5 Å². The number of hydrogen-bond donors (Lipinski definition) is 0. The van der Waals surface area contributed by atoms with Crippen molar-refractivity contribution < 1.29 is 18.0 Å². The van der Waals surface area contributed by atoms with Gasteiger partial charge in [0.2, 0.25) is 16.9 Å². The Hall–Kier alpha value is -2.16. The van der Waals surface area contributed by atoms with Crippen LogP contribution in [0.1, 0.15) is 4.88 Å². The summed E-state index contributed by atoms with van der Waals surface area (Å²) < 4.78 is 31.4. The van der Waals surface area contributed by atoms with Gasteiger partial charge in [0, 0.05) is 6.20 Å². The van der Waals surface area contributed by atoms with Crippen LogP contribution in [-0.2, 0) is 6.61 Å². The molecule has 9 heteroatoms. The number of thiazole rings is 1. The summed E-state index contributed by atoms with van der Waals surface area (Å²) in [5.41, 5.74) is -0.268. The third kappa shape index (κ3) is 3.27. The second-order valence-corrected chi connectivity index (χ2v) is 7.68. The SMILES string of the molecule is O=c1c(OCc2cnc(Cl)s2)c(-c2ccc(Br)o2)oc2ccc(F)cc12. The van der Waals surface area contributed by atoms with E-state index in [0.717, 1.165) is 10.9 Å². The smallest absolute Gasteiger partial charge is 0.235 e. The molecule has 0 aliphatic heterocycles. The number of aromatic nitrogens is 1. The standard InChI is InChI=1S/C17H8BrClFNO4S/c18-13-4-3-12(24-13)15-16(23-7-9-6-21-17(19)26-9)14(22)10-5-8(20)1-2-11(10)25-15/h1-6H,7H2. The summed E-state index contributed by atoms with van der Waals surface area (Å²) in [6.45, 7) is 0.0604. The summed E-state index contributed by atoms with van der Waals surface area (Å²) >= 11 is 10.3. The Morgan fingerprint density at radius 2 is 2.12 bits per heavy atom. The lowest BCUT2D eigenvalue weighted by atomic mass is 10.2. The van der Waals surface area contributed by atoms with E-state index in [-0.39, 0.29) is 29.1 Å². The molecule has 26 heavy (non-hydrogen) atoms. The lowest BCUT2D eigenvalue weighted by Gasteiger charge is -2.09. The molecule has 0 aliphatic carbocycles. The van der Waals surface area contributed by atoms with Crippen LogP contribution in [0.2, 0.25) is 4.47 Å². The van der Waals surface area contributed by atoms with Crippen molar-refractivity contribution in [3.63, 3.8) is 0 Å². The highest BCUT2D eigenvalue weighted by atomic mass is 79.9. The second-order valence-electron chi connectivity index (χ2n) is 5.20. The molecule has 0 saturated carbocycles. The molecule has 4 aromatic rings. The summed E-state index contributed by atoms with van der Waals surface area (Å²) in [6.07, 6.45) is 1.55. The molecule has 1 aromatic carbocycles. The average molecular weight is 457 g/mol. The van der Waals surface area contributed by atoms with Gasteiger partial charge in [0.1, 0.15) is 18.0 Å². The summed E-state index contributed by atoms with van der Waals surface area (Å²) in [6, 6.07) is 7.01. The summed E-state index contributed by atoms with van der Waals surface area (Å²) in [5, 5.41) is 0.0803. The lowest BCUT2D eigenvalue weighted by molar-refractivity contribution is 0.299. The predicted molar refractivity (Wildman–Crippen MR) is 99.3 cm³/mol. The first kappa shape index (κ1) is 17.3. The number of hydrogen-bond acceptors (Lipinski definition) is 6. The van der Waals surface area contributed by atoms with Gasteiger partial charge in [-0.3, -0.25) is 4.79 Å². The first-order valence-electron chi connectivity index (χ1n) is 7.26. The molecule has 132 valence electrons. The highest BCUT2D eigenvalue weighted by Crippen LogP contribution is 2.34. The van der Waals surface area contributed by atoms with Gasteiger partial charge in [0.05, 0.1) is 10.3 Å². The van der Waals surface area contributed by atoms with Crippen molar-refractivity contribution in [2.75, 3.05) is 0 Å². The Morgan fingerprint density at radius 3 is 2.81 bits per heavy atom. The molecule has 0 radical (unpaired) electrons. The normalized spacial score (nSPS) is 11.2. The molecule has 0 fully saturated rings. The van der Waals surface area contributed by atoms with Crippen molar-refractivity contribution in [2.45, 2.75) is 6.61 Å². The van der Waals surface area contributed by atoms with Gasteiger partial charge in [-0.05, 0) is 46.3 Å². The zero-order valence-electron chi connectivity index (χ0n) is 12.8. The molecular formula is C17H8BrClFNO4S. The van der Waals surface area contributed by atoms with Crippen molar-refractivity contribution in [3.05, 3.63) is 66.6 Å². The minimum Gasteiger partial charge on any atom is -0.480 e. The van der Waals surface area contributed by atoms with E-state index in [1.54, 1.807) is 18.3 Å². The minimum atomic E-state index is -0.543. The number of fused-ring (bicyclic) bond motifs is 1. The third-order valence-corrected chi connectivity index (χ3v) is 5.01. The first-order valence-corrected chi connectivity index (χ1v) is 9.25. The van der Waals surface area contributed by atoms with Gasteiger partial charge in [0.15, 0.2) is 14.9 Å². The van der Waals surface area contributed by atoms with Gasteiger partial charge in [-0.2, -0.15) is 0 Å². The van der Waals surface area contributed by atoms with Crippen molar-refractivity contribution in [1.29, 1.82) is 0 Å². The molecule has 0 bridgehead atoms.